The first-order valence-electron chi connectivity index (χ1n) is 11.5. The fraction of sp³-hybridized carbons (Fsp3) is 0.423. The largest absolute Gasteiger partial charge is 0.383 e. The topological polar surface area (TPSA) is 81.2 Å². The molecule has 0 spiro atoms. The zero-order valence-corrected chi connectivity index (χ0v) is 20.7. The maximum atomic E-state index is 13.7. The second-order valence-electron chi connectivity index (χ2n) is 9.89. The molecule has 2 aliphatic rings. The number of rotatable bonds is 3. The summed E-state index contributed by atoms with van der Waals surface area (Å²) in [6, 6.07) is 12.1. The molecule has 2 aliphatic heterocycles. The lowest BCUT2D eigenvalue weighted by Crippen LogP contribution is -2.62. The van der Waals surface area contributed by atoms with E-state index in [0.717, 1.165) is 11.1 Å². The zero-order chi connectivity index (χ0) is 24.8. The van der Waals surface area contributed by atoms with Crippen molar-refractivity contribution in [1.82, 2.24) is 9.80 Å². The maximum absolute atomic E-state index is 13.7. The van der Waals surface area contributed by atoms with Gasteiger partial charge in [0.2, 0.25) is 0 Å². The molecule has 7 nitrogen and oxygen atoms in total. The van der Waals surface area contributed by atoms with E-state index in [4.69, 9.17) is 11.6 Å². The quantitative estimate of drug-likeness (QED) is 0.725. The monoisotopic (exact) mass is 483 g/mol. The van der Waals surface area contributed by atoms with Crippen LogP contribution in [0.4, 0.5) is 5.69 Å². The Balaban J connectivity index is 1.69. The molecule has 180 valence electrons. The molecule has 0 aliphatic carbocycles. The Bertz CT molecular complexity index is 1130. The van der Waals surface area contributed by atoms with Gasteiger partial charge >= 0.3 is 0 Å². The summed E-state index contributed by atoms with van der Waals surface area (Å²) < 4.78 is 0. The molecule has 2 atom stereocenters. The van der Waals surface area contributed by atoms with Crippen molar-refractivity contribution in [3.8, 4) is 11.1 Å². The van der Waals surface area contributed by atoms with Gasteiger partial charge in [0.15, 0.2) is 0 Å². The Kier molecular flexibility index (Phi) is 6.44. The number of hydrogen-bond acceptors (Lipinski definition) is 4. The van der Waals surface area contributed by atoms with Crippen LogP contribution >= 0.6 is 11.6 Å². The maximum Gasteiger partial charge on any atom is 0.256 e. The first kappa shape index (κ1) is 24.2. The van der Waals surface area contributed by atoms with Crippen molar-refractivity contribution in [2.75, 3.05) is 31.1 Å². The van der Waals surface area contributed by atoms with Gasteiger partial charge < -0.3 is 19.8 Å². The second-order valence-corrected chi connectivity index (χ2v) is 10.3. The standard InChI is InChI=1S/C26H30ClN3O4/c1-5-29-20-11-8-17(16-6-9-18(27)10-7-16)14-19(20)23(32)30-13-12-28(15-21(30)24(29)33)25(34)22(31)26(2,3)4/h6-11,14,21-22,31H,5,12-13,15H2,1-4H3. The Morgan fingerprint density at radius 1 is 1.09 bits per heavy atom. The van der Waals surface area contributed by atoms with Gasteiger partial charge in [0.1, 0.15) is 12.1 Å². The number of likely N-dealkylation sites (N-methyl/N-ethyl adjacent to an activating group) is 1. The van der Waals surface area contributed by atoms with Gasteiger partial charge in [-0.05, 0) is 47.7 Å². The summed E-state index contributed by atoms with van der Waals surface area (Å²) >= 11 is 6.02. The second kappa shape index (κ2) is 9.04. The SMILES string of the molecule is CCN1C(=O)C2CN(C(=O)C(O)C(C)(C)C)CCN2C(=O)c2cc(-c3ccc(Cl)cc3)ccc21. The smallest absolute Gasteiger partial charge is 0.256 e. The predicted molar refractivity (Wildman–Crippen MR) is 132 cm³/mol. The molecule has 0 bridgehead atoms. The third kappa shape index (κ3) is 4.30. The van der Waals surface area contributed by atoms with E-state index in [1.54, 1.807) is 42.7 Å². The van der Waals surface area contributed by atoms with Gasteiger partial charge in [-0.3, -0.25) is 14.4 Å². The van der Waals surface area contributed by atoms with Crippen LogP contribution in [0.2, 0.25) is 5.02 Å². The van der Waals surface area contributed by atoms with Crippen LogP contribution in [-0.2, 0) is 9.59 Å². The highest BCUT2D eigenvalue weighted by Crippen LogP contribution is 2.34. The normalized spacial score (nSPS) is 19.5. The number of amides is 3. The highest BCUT2D eigenvalue weighted by atomic mass is 35.5. The van der Waals surface area contributed by atoms with E-state index in [1.807, 2.05) is 37.3 Å². The lowest BCUT2D eigenvalue weighted by Gasteiger charge is -2.41. The van der Waals surface area contributed by atoms with Crippen LogP contribution in [0.15, 0.2) is 42.5 Å². The van der Waals surface area contributed by atoms with E-state index in [2.05, 4.69) is 0 Å². The molecule has 2 aromatic carbocycles. The fourth-order valence-corrected chi connectivity index (χ4v) is 4.65. The molecule has 1 fully saturated rings. The molecule has 2 aromatic rings. The summed E-state index contributed by atoms with van der Waals surface area (Å²) in [6.45, 7) is 8.18. The van der Waals surface area contributed by atoms with Gasteiger partial charge in [0.05, 0.1) is 17.8 Å². The number of fused-ring (bicyclic) bond motifs is 2. The van der Waals surface area contributed by atoms with Crippen molar-refractivity contribution in [3.63, 3.8) is 0 Å². The third-order valence-electron chi connectivity index (χ3n) is 6.57. The molecule has 2 heterocycles. The van der Waals surface area contributed by atoms with E-state index < -0.39 is 23.5 Å². The minimum absolute atomic E-state index is 0.0606. The predicted octanol–water partition coefficient (Wildman–Crippen LogP) is 3.43. The van der Waals surface area contributed by atoms with Gasteiger partial charge in [0.25, 0.3) is 17.7 Å². The van der Waals surface area contributed by atoms with Gasteiger partial charge in [0, 0.05) is 24.7 Å². The lowest BCUT2D eigenvalue weighted by atomic mass is 9.88. The molecular weight excluding hydrogens is 454 g/mol. The highest BCUT2D eigenvalue weighted by molar-refractivity contribution is 6.30. The zero-order valence-electron chi connectivity index (χ0n) is 19.9. The number of hydrogen-bond donors (Lipinski definition) is 1. The first-order chi connectivity index (χ1) is 16.0. The average molecular weight is 484 g/mol. The molecule has 0 radical (unpaired) electrons. The molecular formula is C26H30ClN3O4. The summed E-state index contributed by atoms with van der Waals surface area (Å²) in [5, 5.41) is 11.1. The van der Waals surface area contributed by atoms with Crippen LogP contribution in [0.1, 0.15) is 38.1 Å². The summed E-state index contributed by atoms with van der Waals surface area (Å²) in [4.78, 5) is 44.8. The van der Waals surface area contributed by atoms with Crippen molar-refractivity contribution >= 4 is 35.0 Å². The van der Waals surface area contributed by atoms with Crippen molar-refractivity contribution in [1.29, 1.82) is 0 Å². The number of halogens is 1. The summed E-state index contributed by atoms with van der Waals surface area (Å²) in [6.07, 6.45) is -1.18. The number of benzene rings is 2. The number of aliphatic hydroxyl groups is 1. The molecule has 0 aromatic heterocycles. The average Bonchev–Trinajstić information content (AvgIpc) is 2.90. The summed E-state index contributed by atoms with van der Waals surface area (Å²) in [5.41, 5.74) is 2.17. The molecule has 2 unspecified atom stereocenters. The molecule has 0 saturated carbocycles. The first-order valence-corrected chi connectivity index (χ1v) is 11.9. The molecule has 1 N–H and O–H groups in total. The van der Waals surface area contributed by atoms with E-state index in [-0.39, 0.29) is 31.4 Å². The summed E-state index contributed by atoms with van der Waals surface area (Å²) in [7, 11) is 0. The summed E-state index contributed by atoms with van der Waals surface area (Å²) in [5.74, 6) is -0.873. The Hall–Kier alpha value is -2.90. The molecule has 1 saturated heterocycles. The van der Waals surface area contributed by atoms with Gasteiger partial charge in [-0.15, -0.1) is 0 Å². The number of anilines is 1. The van der Waals surface area contributed by atoms with E-state index in [9.17, 15) is 19.5 Å². The van der Waals surface area contributed by atoms with Crippen molar-refractivity contribution in [2.45, 2.75) is 39.8 Å². The van der Waals surface area contributed by atoms with Crippen molar-refractivity contribution < 1.29 is 19.5 Å². The van der Waals surface area contributed by atoms with Crippen LogP contribution in [0, 0.1) is 5.41 Å². The lowest BCUT2D eigenvalue weighted by molar-refractivity contribution is -0.149. The van der Waals surface area contributed by atoms with Crippen molar-refractivity contribution in [2.24, 2.45) is 5.41 Å². The van der Waals surface area contributed by atoms with Gasteiger partial charge in [-0.25, -0.2) is 0 Å². The highest BCUT2D eigenvalue weighted by Gasteiger charge is 2.44. The number of nitrogens with zero attached hydrogens (tertiary/aromatic N) is 3. The van der Waals surface area contributed by atoms with Crippen molar-refractivity contribution in [3.05, 3.63) is 53.1 Å². The minimum atomic E-state index is -1.18. The van der Waals surface area contributed by atoms with E-state index in [0.29, 0.717) is 22.8 Å². The van der Waals surface area contributed by atoms with Gasteiger partial charge in [-0.2, -0.15) is 0 Å². The fourth-order valence-electron chi connectivity index (χ4n) is 4.53. The number of carbonyl (C=O) groups is 3. The third-order valence-corrected chi connectivity index (χ3v) is 6.82. The van der Waals surface area contributed by atoms with Crippen LogP contribution in [0.3, 0.4) is 0 Å². The number of carbonyl (C=O) groups excluding carboxylic acids is 3. The molecule has 34 heavy (non-hydrogen) atoms. The van der Waals surface area contributed by atoms with E-state index >= 15 is 0 Å². The minimum Gasteiger partial charge on any atom is -0.383 e. The molecule has 8 heteroatoms. The number of aliphatic hydroxyl groups excluding tert-OH is 1. The number of piperazine rings is 1. The Morgan fingerprint density at radius 2 is 1.74 bits per heavy atom. The van der Waals surface area contributed by atoms with Crippen LogP contribution in [0.5, 0.6) is 0 Å². The van der Waals surface area contributed by atoms with Gasteiger partial charge in [-0.1, -0.05) is 50.6 Å². The van der Waals surface area contributed by atoms with Crippen LogP contribution < -0.4 is 4.90 Å². The molecule has 4 rings (SSSR count). The van der Waals surface area contributed by atoms with Crippen LogP contribution in [0.25, 0.3) is 11.1 Å². The Labute approximate surface area is 204 Å². The molecule has 3 amide bonds. The Morgan fingerprint density at radius 3 is 2.35 bits per heavy atom. The van der Waals surface area contributed by atoms with E-state index in [1.165, 1.54) is 4.90 Å². The van der Waals surface area contributed by atoms with Crippen LogP contribution in [-0.4, -0.2) is 71.0 Å².